The van der Waals surface area contributed by atoms with E-state index in [-0.39, 0.29) is 11.1 Å². The average Bonchev–Trinajstić information content (AvgIpc) is 2.59. The Bertz CT molecular complexity index is 1010. The lowest BCUT2D eigenvalue weighted by atomic mass is 10.1. The molecule has 3 aromatic rings. The summed E-state index contributed by atoms with van der Waals surface area (Å²) >= 11 is 5.92. The molecule has 0 aliphatic heterocycles. The molecule has 0 unspecified atom stereocenters. The molecule has 0 saturated carbocycles. The number of carbonyl (C=O) groups is 2. The fourth-order valence-electron chi connectivity index (χ4n) is 2.41. The van der Waals surface area contributed by atoms with Crippen LogP contribution in [0.2, 0.25) is 5.02 Å². The van der Waals surface area contributed by atoms with Crippen LogP contribution >= 0.6 is 11.6 Å². The smallest absolute Gasteiger partial charge is 0.349 e. The molecular weight excluding hydrogens is 346 g/mol. The second kappa shape index (κ2) is 6.78. The van der Waals surface area contributed by atoms with Crippen molar-refractivity contribution in [3.05, 3.63) is 75.6 Å². The summed E-state index contributed by atoms with van der Waals surface area (Å²) in [4.78, 5) is 37.1. The fraction of sp³-hybridized carbons (Fsp3) is 0.0556. The minimum Gasteiger partial charge on any atom is -0.480 e. The Morgan fingerprint density at radius 2 is 1.80 bits per heavy atom. The normalized spacial score (nSPS) is 10.6. The number of nitrogens with zero attached hydrogens (tertiary/aromatic N) is 1. The molecule has 0 aliphatic rings. The third-order valence-corrected chi connectivity index (χ3v) is 3.77. The molecule has 6 nitrogen and oxygen atoms in total. The SMILES string of the molecule is O=C(O)CN(C(=O)c1cc2cc(Cl)ccc2oc1=O)c1ccccc1. The second-order valence-electron chi connectivity index (χ2n) is 5.25. The predicted molar refractivity (Wildman–Crippen MR) is 93.2 cm³/mol. The number of carbonyl (C=O) groups excluding carboxylic acids is 1. The highest BCUT2D eigenvalue weighted by molar-refractivity contribution is 6.31. The van der Waals surface area contributed by atoms with Crippen molar-refractivity contribution in [2.45, 2.75) is 0 Å². The number of carboxylic acid groups (broad SMARTS) is 1. The summed E-state index contributed by atoms with van der Waals surface area (Å²) < 4.78 is 5.15. The monoisotopic (exact) mass is 357 g/mol. The number of hydrogen-bond acceptors (Lipinski definition) is 4. The van der Waals surface area contributed by atoms with Gasteiger partial charge in [0.2, 0.25) is 0 Å². The Balaban J connectivity index is 2.10. The van der Waals surface area contributed by atoms with Crippen molar-refractivity contribution in [3.8, 4) is 0 Å². The van der Waals surface area contributed by atoms with Gasteiger partial charge in [-0.25, -0.2) is 4.79 Å². The molecule has 7 heteroatoms. The number of rotatable bonds is 4. The van der Waals surface area contributed by atoms with E-state index in [1.54, 1.807) is 42.5 Å². The van der Waals surface area contributed by atoms with Crippen LogP contribution in [0.3, 0.4) is 0 Å². The Labute approximate surface area is 146 Å². The number of benzene rings is 2. The summed E-state index contributed by atoms with van der Waals surface area (Å²) in [7, 11) is 0. The third kappa shape index (κ3) is 3.54. The van der Waals surface area contributed by atoms with Gasteiger partial charge in [-0.3, -0.25) is 14.5 Å². The molecule has 1 aromatic heterocycles. The molecular formula is C18H12ClNO5. The number of carboxylic acids is 1. The molecule has 0 saturated heterocycles. The lowest BCUT2D eigenvalue weighted by Gasteiger charge is -2.20. The lowest BCUT2D eigenvalue weighted by molar-refractivity contribution is -0.135. The summed E-state index contributed by atoms with van der Waals surface area (Å²) in [5.41, 5.74) is -0.457. The van der Waals surface area contributed by atoms with E-state index in [0.29, 0.717) is 16.1 Å². The van der Waals surface area contributed by atoms with Crippen LogP contribution in [0.25, 0.3) is 11.0 Å². The van der Waals surface area contributed by atoms with Gasteiger partial charge >= 0.3 is 11.6 Å². The number of halogens is 1. The Morgan fingerprint density at radius 1 is 1.08 bits per heavy atom. The molecule has 0 atom stereocenters. The van der Waals surface area contributed by atoms with Crippen molar-refractivity contribution in [3.63, 3.8) is 0 Å². The average molecular weight is 358 g/mol. The van der Waals surface area contributed by atoms with Crippen molar-refractivity contribution >= 4 is 40.1 Å². The molecule has 1 heterocycles. The molecule has 1 amide bonds. The van der Waals surface area contributed by atoms with E-state index in [1.165, 1.54) is 12.1 Å². The zero-order valence-corrected chi connectivity index (χ0v) is 13.6. The van der Waals surface area contributed by atoms with Gasteiger partial charge < -0.3 is 9.52 Å². The van der Waals surface area contributed by atoms with Gasteiger partial charge in [0.05, 0.1) is 0 Å². The van der Waals surface area contributed by atoms with Gasteiger partial charge in [0.1, 0.15) is 17.7 Å². The topological polar surface area (TPSA) is 87.8 Å². The van der Waals surface area contributed by atoms with Crippen molar-refractivity contribution < 1.29 is 19.1 Å². The highest BCUT2D eigenvalue weighted by atomic mass is 35.5. The number of anilines is 1. The molecule has 0 bridgehead atoms. The van der Waals surface area contributed by atoms with Gasteiger partial charge in [-0.15, -0.1) is 0 Å². The first-order valence-corrected chi connectivity index (χ1v) is 7.65. The number of amides is 1. The summed E-state index contributed by atoms with van der Waals surface area (Å²) in [6.07, 6.45) is 0. The number of para-hydroxylation sites is 1. The standard InChI is InChI=1S/C18H12ClNO5/c19-12-6-7-15-11(8-12)9-14(18(24)25-15)17(23)20(10-16(21)22)13-4-2-1-3-5-13/h1-9H,10H2,(H,21,22). The summed E-state index contributed by atoms with van der Waals surface area (Å²) in [5.74, 6) is -1.96. The molecule has 1 N–H and O–H groups in total. The zero-order chi connectivity index (χ0) is 18.0. The first-order valence-electron chi connectivity index (χ1n) is 7.28. The van der Waals surface area contributed by atoms with Crippen LogP contribution in [0, 0.1) is 0 Å². The van der Waals surface area contributed by atoms with Crippen LogP contribution in [0.4, 0.5) is 5.69 Å². The van der Waals surface area contributed by atoms with E-state index in [4.69, 9.17) is 21.1 Å². The van der Waals surface area contributed by atoms with Gasteiger partial charge in [0.15, 0.2) is 0 Å². The molecule has 3 rings (SSSR count). The molecule has 0 fully saturated rings. The maximum absolute atomic E-state index is 12.8. The van der Waals surface area contributed by atoms with Crippen LogP contribution in [-0.4, -0.2) is 23.5 Å². The zero-order valence-electron chi connectivity index (χ0n) is 12.8. The predicted octanol–water partition coefficient (Wildman–Crippen LogP) is 3.18. The first kappa shape index (κ1) is 16.7. The van der Waals surface area contributed by atoms with Crippen molar-refractivity contribution in [2.75, 3.05) is 11.4 Å². The molecule has 0 aliphatic carbocycles. The Hall–Kier alpha value is -3.12. The van der Waals surface area contributed by atoms with Gasteiger partial charge in [-0.05, 0) is 36.4 Å². The quantitative estimate of drug-likeness (QED) is 0.724. The number of aliphatic carboxylic acids is 1. The van der Waals surface area contributed by atoms with Crippen LogP contribution in [0.1, 0.15) is 10.4 Å². The van der Waals surface area contributed by atoms with Crippen molar-refractivity contribution in [1.82, 2.24) is 0 Å². The van der Waals surface area contributed by atoms with Gasteiger partial charge in [-0.2, -0.15) is 0 Å². The third-order valence-electron chi connectivity index (χ3n) is 3.53. The summed E-state index contributed by atoms with van der Waals surface area (Å²) in [6, 6.07) is 14.2. The van der Waals surface area contributed by atoms with E-state index in [2.05, 4.69) is 0 Å². The van der Waals surface area contributed by atoms with Crippen LogP contribution in [0.15, 0.2) is 63.8 Å². The fourth-order valence-corrected chi connectivity index (χ4v) is 2.59. The van der Waals surface area contributed by atoms with Crippen LogP contribution in [0.5, 0.6) is 0 Å². The molecule has 25 heavy (non-hydrogen) atoms. The van der Waals surface area contributed by atoms with E-state index >= 15 is 0 Å². The molecule has 2 aromatic carbocycles. The van der Waals surface area contributed by atoms with Gasteiger partial charge in [0.25, 0.3) is 5.91 Å². The van der Waals surface area contributed by atoms with Gasteiger partial charge in [0, 0.05) is 16.1 Å². The van der Waals surface area contributed by atoms with Crippen molar-refractivity contribution in [1.29, 1.82) is 0 Å². The highest BCUT2D eigenvalue weighted by Gasteiger charge is 2.24. The van der Waals surface area contributed by atoms with Gasteiger partial charge in [-0.1, -0.05) is 29.8 Å². The summed E-state index contributed by atoms with van der Waals surface area (Å²) in [6.45, 7) is -0.587. The second-order valence-corrected chi connectivity index (χ2v) is 5.69. The largest absolute Gasteiger partial charge is 0.480 e. The highest BCUT2D eigenvalue weighted by Crippen LogP contribution is 2.21. The number of hydrogen-bond donors (Lipinski definition) is 1. The lowest BCUT2D eigenvalue weighted by Crippen LogP contribution is -2.38. The van der Waals surface area contributed by atoms with E-state index in [0.717, 1.165) is 4.90 Å². The van der Waals surface area contributed by atoms with E-state index in [1.807, 2.05) is 0 Å². The van der Waals surface area contributed by atoms with E-state index in [9.17, 15) is 14.4 Å². The first-order chi connectivity index (χ1) is 12.0. The Kier molecular flexibility index (Phi) is 4.54. The Morgan fingerprint density at radius 3 is 2.48 bits per heavy atom. The minimum atomic E-state index is -1.20. The molecule has 0 spiro atoms. The summed E-state index contributed by atoms with van der Waals surface area (Å²) in [5, 5.41) is 10.00. The van der Waals surface area contributed by atoms with E-state index < -0.39 is 24.0 Å². The maximum atomic E-state index is 12.8. The molecule has 0 radical (unpaired) electrons. The van der Waals surface area contributed by atoms with Crippen LogP contribution < -0.4 is 10.5 Å². The minimum absolute atomic E-state index is 0.264. The molecule has 126 valence electrons. The van der Waals surface area contributed by atoms with Crippen LogP contribution in [-0.2, 0) is 4.79 Å². The van der Waals surface area contributed by atoms with Crippen molar-refractivity contribution in [2.24, 2.45) is 0 Å². The maximum Gasteiger partial charge on any atom is 0.349 e. The number of fused-ring (bicyclic) bond motifs is 1.